The monoisotopic (exact) mass is 116 g/mol. The average Bonchev–Trinajstić information content (AvgIpc) is 1.81. The van der Waals surface area contributed by atoms with Gasteiger partial charge in [-0.15, -0.1) is 0 Å². The predicted molar refractivity (Wildman–Crippen MR) is 32.5 cm³/mol. The predicted octanol–water partition coefficient (Wildman–Crippen LogP) is 0.919. The highest BCUT2D eigenvalue weighted by atomic mass is 16.5. The van der Waals surface area contributed by atoms with Crippen LogP contribution in [-0.4, -0.2) is 18.3 Å². The molecule has 48 valence electrons. The van der Waals surface area contributed by atoms with Gasteiger partial charge in [-0.05, 0) is 19.4 Å². The minimum Gasteiger partial charge on any atom is -0.502 e. The Balaban J connectivity index is 2.83. The maximum Gasteiger partial charge on any atom is 0.0845 e. The minimum atomic E-state index is 0.198. The van der Waals surface area contributed by atoms with Gasteiger partial charge in [0.1, 0.15) is 0 Å². The zero-order valence-electron chi connectivity index (χ0n) is 5.13. The summed E-state index contributed by atoms with van der Waals surface area (Å²) in [5, 5.41) is 8.26. The Kier molecular flexibility index (Phi) is 6.09. The first-order valence-corrected chi connectivity index (χ1v) is 2.79. The standard InChI is InChI=1S/C6H12O2/c1-2-8-6-4-3-5-7/h4,6-7H,2-3,5H2,1H3/b6-4+. The van der Waals surface area contributed by atoms with Gasteiger partial charge in [0.2, 0.25) is 0 Å². The first kappa shape index (κ1) is 7.50. The molecule has 0 aromatic heterocycles. The highest BCUT2D eigenvalue weighted by Crippen LogP contribution is 1.80. The molecule has 0 radical (unpaired) electrons. The minimum absolute atomic E-state index is 0.198. The van der Waals surface area contributed by atoms with E-state index in [2.05, 4.69) is 0 Å². The zero-order chi connectivity index (χ0) is 6.24. The molecule has 0 aliphatic heterocycles. The van der Waals surface area contributed by atoms with Crippen molar-refractivity contribution in [3.8, 4) is 0 Å². The van der Waals surface area contributed by atoms with Gasteiger partial charge >= 0.3 is 0 Å². The lowest BCUT2D eigenvalue weighted by atomic mass is 10.4. The second-order valence-corrected chi connectivity index (χ2v) is 1.34. The maximum absolute atomic E-state index is 8.26. The molecule has 0 aromatic rings. The number of aliphatic hydroxyl groups is 1. The van der Waals surface area contributed by atoms with E-state index >= 15 is 0 Å². The van der Waals surface area contributed by atoms with E-state index in [4.69, 9.17) is 9.84 Å². The normalized spacial score (nSPS) is 10.2. The lowest BCUT2D eigenvalue weighted by molar-refractivity contribution is 0.263. The molecule has 2 nitrogen and oxygen atoms in total. The van der Waals surface area contributed by atoms with Crippen LogP contribution in [0.4, 0.5) is 0 Å². The fourth-order valence-electron chi connectivity index (χ4n) is 0.307. The Bertz CT molecular complexity index is 51.5. The van der Waals surface area contributed by atoms with Crippen molar-refractivity contribution in [1.82, 2.24) is 0 Å². The van der Waals surface area contributed by atoms with E-state index in [1.54, 1.807) is 12.3 Å². The van der Waals surface area contributed by atoms with Crippen molar-refractivity contribution >= 4 is 0 Å². The molecule has 0 amide bonds. The molecule has 1 N–H and O–H groups in total. The van der Waals surface area contributed by atoms with Crippen molar-refractivity contribution in [2.75, 3.05) is 13.2 Å². The van der Waals surface area contributed by atoms with Crippen LogP contribution in [0.15, 0.2) is 12.3 Å². The van der Waals surface area contributed by atoms with Gasteiger partial charge in [-0.1, -0.05) is 0 Å². The molecule has 0 saturated heterocycles. The molecule has 0 atom stereocenters. The molecule has 0 rings (SSSR count). The summed E-state index contributed by atoms with van der Waals surface area (Å²) >= 11 is 0. The fourth-order valence-corrected chi connectivity index (χ4v) is 0.307. The molecular formula is C6H12O2. The van der Waals surface area contributed by atoms with Crippen molar-refractivity contribution in [2.45, 2.75) is 13.3 Å². The largest absolute Gasteiger partial charge is 0.502 e. The van der Waals surface area contributed by atoms with Crippen LogP contribution in [0.2, 0.25) is 0 Å². The third kappa shape index (κ3) is 5.50. The second kappa shape index (κ2) is 6.50. The topological polar surface area (TPSA) is 29.5 Å². The number of hydrogen-bond acceptors (Lipinski definition) is 2. The van der Waals surface area contributed by atoms with Crippen molar-refractivity contribution in [3.05, 3.63) is 12.3 Å². The lowest BCUT2D eigenvalue weighted by Gasteiger charge is -1.89. The van der Waals surface area contributed by atoms with Crippen LogP contribution in [0, 0.1) is 0 Å². The first-order valence-electron chi connectivity index (χ1n) is 2.79. The van der Waals surface area contributed by atoms with Gasteiger partial charge in [0.05, 0.1) is 12.9 Å². The van der Waals surface area contributed by atoms with Crippen molar-refractivity contribution in [1.29, 1.82) is 0 Å². The summed E-state index contributed by atoms with van der Waals surface area (Å²) in [6.45, 7) is 2.81. The van der Waals surface area contributed by atoms with Gasteiger partial charge in [-0.25, -0.2) is 0 Å². The van der Waals surface area contributed by atoms with Crippen molar-refractivity contribution < 1.29 is 9.84 Å². The van der Waals surface area contributed by atoms with E-state index in [0.717, 1.165) is 0 Å². The summed E-state index contributed by atoms with van der Waals surface area (Å²) in [6, 6.07) is 0. The third-order valence-corrected chi connectivity index (χ3v) is 0.655. The molecule has 0 heterocycles. The molecule has 2 heteroatoms. The van der Waals surface area contributed by atoms with Gasteiger partial charge < -0.3 is 9.84 Å². The van der Waals surface area contributed by atoms with Crippen LogP contribution in [0.1, 0.15) is 13.3 Å². The quantitative estimate of drug-likeness (QED) is 0.553. The summed E-state index contributed by atoms with van der Waals surface area (Å²) in [5.74, 6) is 0. The summed E-state index contributed by atoms with van der Waals surface area (Å²) < 4.78 is 4.84. The van der Waals surface area contributed by atoms with Gasteiger partial charge in [0, 0.05) is 6.61 Å². The Labute approximate surface area is 49.8 Å². The number of aliphatic hydroxyl groups excluding tert-OH is 1. The molecule has 0 unspecified atom stereocenters. The first-order chi connectivity index (χ1) is 3.91. The Hall–Kier alpha value is -0.500. The van der Waals surface area contributed by atoms with E-state index in [1.807, 2.05) is 6.92 Å². The average molecular weight is 116 g/mol. The Morgan fingerprint density at radius 1 is 1.62 bits per heavy atom. The van der Waals surface area contributed by atoms with Gasteiger partial charge in [-0.3, -0.25) is 0 Å². The highest BCUT2D eigenvalue weighted by molar-refractivity contribution is 4.71. The molecule has 0 aliphatic carbocycles. The van der Waals surface area contributed by atoms with Crippen molar-refractivity contribution in [2.24, 2.45) is 0 Å². The van der Waals surface area contributed by atoms with E-state index in [0.29, 0.717) is 13.0 Å². The van der Waals surface area contributed by atoms with Crippen molar-refractivity contribution in [3.63, 3.8) is 0 Å². The van der Waals surface area contributed by atoms with Crippen LogP contribution >= 0.6 is 0 Å². The number of ether oxygens (including phenoxy) is 1. The van der Waals surface area contributed by atoms with Crippen LogP contribution in [0.5, 0.6) is 0 Å². The van der Waals surface area contributed by atoms with E-state index < -0.39 is 0 Å². The smallest absolute Gasteiger partial charge is 0.0845 e. The summed E-state index contributed by atoms with van der Waals surface area (Å²) in [7, 11) is 0. The van der Waals surface area contributed by atoms with Crippen LogP contribution < -0.4 is 0 Å². The Morgan fingerprint density at radius 2 is 2.38 bits per heavy atom. The number of rotatable bonds is 4. The molecule has 0 fully saturated rings. The maximum atomic E-state index is 8.26. The van der Waals surface area contributed by atoms with E-state index in [-0.39, 0.29) is 6.61 Å². The number of hydrogen-bond donors (Lipinski definition) is 1. The second-order valence-electron chi connectivity index (χ2n) is 1.34. The van der Waals surface area contributed by atoms with Gasteiger partial charge in [0.25, 0.3) is 0 Å². The van der Waals surface area contributed by atoms with Crippen LogP contribution in [0.3, 0.4) is 0 Å². The summed E-state index contributed by atoms with van der Waals surface area (Å²) in [5.41, 5.74) is 0. The highest BCUT2D eigenvalue weighted by Gasteiger charge is 1.71. The fraction of sp³-hybridized carbons (Fsp3) is 0.667. The molecule has 0 spiro atoms. The molecule has 8 heavy (non-hydrogen) atoms. The molecule has 0 aromatic carbocycles. The molecule has 0 bridgehead atoms. The van der Waals surface area contributed by atoms with Crippen LogP contribution in [0.25, 0.3) is 0 Å². The molecule has 0 saturated carbocycles. The Morgan fingerprint density at radius 3 is 2.88 bits per heavy atom. The van der Waals surface area contributed by atoms with Gasteiger partial charge in [0.15, 0.2) is 0 Å². The summed E-state index contributed by atoms with van der Waals surface area (Å²) in [6.07, 6.45) is 4.08. The SMILES string of the molecule is CCO/C=C/CCO. The molecule has 0 aliphatic rings. The zero-order valence-corrected chi connectivity index (χ0v) is 5.13. The summed E-state index contributed by atoms with van der Waals surface area (Å²) in [4.78, 5) is 0. The van der Waals surface area contributed by atoms with Gasteiger partial charge in [-0.2, -0.15) is 0 Å². The van der Waals surface area contributed by atoms with Crippen LogP contribution in [-0.2, 0) is 4.74 Å². The van der Waals surface area contributed by atoms with E-state index in [9.17, 15) is 0 Å². The van der Waals surface area contributed by atoms with E-state index in [1.165, 1.54) is 0 Å². The third-order valence-electron chi connectivity index (χ3n) is 0.655. The molecular weight excluding hydrogens is 104 g/mol. The lowest BCUT2D eigenvalue weighted by Crippen LogP contribution is -1.79.